The molecule has 2 aromatic rings. The van der Waals surface area contributed by atoms with Crippen LogP contribution in [-0.2, 0) is 6.54 Å². The minimum absolute atomic E-state index is 0.246. The van der Waals surface area contributed by atoms with Gasteiger partial charge in [0.2, 0.25) is 0 Å². The maximum atomic E-state index is 6.15. The molecule has 21 heavy (non-hydrogen) atoms. The number of nitrogens with zero attached hydrogens (tertiary/aromatic N) is 3. The van der Waals surface area contributed by atoms with E-state index in [4.69, 9.17) is 5.73 Å². The maximum absolute atomic E-state index is 6.15. The first-order valence-corrected chi connectivity index (χ1v) is 7.81. The SMILES string of the molecule is CC(N)C1CCCCN1Cc1ccc(-n2ccnc2)cc1. The molecule has 112 valence electrons. The number of hydrogen-bond donors (Lipinski definition) is 1. The molecule has 1 aliphatic heterocycles. The Hall–Kier alpha value is -1.65. The van der Waals surface area contributed by atoms with E-state index in [9.17, 15) is 0 Å². The summed E-state index contributed by atoms with van der Waals surface area (Å²) in [4.78, 5) is 6.63. The van der Waals surface area contributed by atoms with Gasteiger partial charge in [-0.05, 0) is 44.0 Å². The standard InChI is InChI=1S/C17H24N4/c1-14(18)17-4-2-3-10-20(17)12-15-5-7-16(8-6-15)21-11-9-19-13-21/h5-9,11,13-14,17H,2-4,10,12,18H2,1H3. The lowest BCUT2D eigenvalue weighted by Gasteiger charge is -2.38. The number of imidazole rings is 1. The quantitative estimate of drug-likeness (QED) is 0.938. The van der Waals surface area contributed by atoms with Gasteiger partial charge in [-0.2, -0.15) is 0 Å². The van der Waals surface area contributed by atoms with Crippen LogP contribution in [0.2, 0.25) is 0 Å². The average Bonchev–Trinajstić information content (AvgIpc) is 3.03. The molecule has 4 heteroatoms. The lowest BCUT2D eigenvalue weighted by molar-refractivity contribution is 0.123. The second-order valence-electron chi connectivity index (χ2n) is 6.03. The van der Waals surface area contributed by atoms with E-state index in [0.29, 0.717) is 6.04 Å². The molecule has 0 spiro atoms. The molecule has 1 aliphatic rings. The summed E-state index contributed by atoms with van der Waals surface area (Å²) < 4.78 is 2.02. The molecular weight excluding hydrogens is 260 g/mol. The van der Waals surface area contributed by atoms with Crippen LogP contribution in [0.25, 0.3) is 5.69 Å². The van der Waals surface area contributed by atoms with Crippen LogP contribution in [0.1, 0.15) is 31.7 Å². The topological polar surface area (TPSA) is 47.1 Å². The fourth-order valence-electron chi connectivity index (χ4n) is 3.23. The van der Waals surface area contributed by atoms with E-state index >= 15 is 0 Å². The van der Waals surface area contributed by atoms with Gasteiger partial charge in [-0.3, -0.25) is 4.90 Å². The Morgan fingerprint density at radius 2 is 2.10 bits per heavy atom. The van der Waals surface area contributed by atoms with E-state index in [-0.39, 0.29) is 6.04 Å². The van der Waals surface area contributed by atoms with Crippen molar-refractivity contribution >= 4 is 0 Å². The van der Waals surface area contributed by atoms with Gasteiger partial charge in [-0.1, -0.05) is 18.6 Å². The van der Waals surface area contributed by atoms with E-state index in [0.717, 1.165) is 18.8 Å². The van der Waals surface area contributed by atoms with Crippen molar-refractivity contribution in [3.63, 3.8) is 0 Å². The highest BCUT2D eigenvalue weighted by Crippen LogP contribution is 2.21. The zero-order valence-electron chi connectivity index (χ0n) is 12.7. The molecule has 3 rings (SSSR count). The van der Waals surface area contributed by atoms with Gasteiger partial charge in [0.25, 0.3) is 0 Å². The summed E-state index contributed by atoms with van der Waals surface area (Å²) in [6.07, 6.45) is 9.41. The molecule has 0 saturated carbocycles. The Labute approximate surface area is 126 Å². The van der Waals surface area contributed by atoms with Crippen molar-refractivity contribution in [1.82, 2.24) is 14.5 Å². The molecule has 1 fully saturated rings. The third kappa shape index (κ3) is 3.34. The van der Waals surface area contributed by atoms with Crippen molar-refractivity contribution in [1.29, 1.82) is 0 Å². The third-order valence-corrected chi connectivity index (χ3v) is 4.40. The van der Waals surface area contributed by atoms with E-state index < -0.39 is 0 Å². The van der Waals surface area contributed by atoms with Crippen LogP contribution in [0.3, 0.4) is 0 Å². The fourth-order valence-corrected chi connectivity index (χ4v) is 3.23. The van der Waals surface area contributed by atoms with Gasteiger partial charge in [0, 0.05) is 36.7 Å². The zero-order chi connectivity index (χ0) is 14.7. The summed E-state index contributed by atoms with van der Waals surface area (Å²) in [7, 11) is 0. The Balaban J connectivity index is 1.69. The first kappa shape index (κ1) is 14.3. The second-order valence-corrected chi connectivity index (χ2v) is 6.03. The number of aromatic nitrogens is 2. The number of rotatable bonds is 4. The lowest BCUT2D eigenvalue weighted by Crippen LogP contribution is -2.48. The van der Waals surface area contributed by atoms with Crippen LogP contribution >= 0.6 is 0 Å². The second kappa shape index (κ2) is 6.41. The smallest absolute Gasteiger partial charge is 0.0991 e. The Bertz CT molecular complexity index is 545. The molecule has 1 saturated heterocycles. The van der Waals surface area contributed by atoms with Gasteiger partial charge < -0.3 is 10.3 Å². The van der Waals surface area contributed by atoms with Gasteiger partial charge in [0.05, 0.1) is 6.33 Å². The summed E-state index contributed by atoms with van der Waals surface area (Å²) in [6, 6.07) is 9.50. The van der Waals surface area contributed by atoms with Crippen molar-refractivity contribution in [2.24, 2.45) is 5.73 Å². The minimum atomic E-state index is 0.246. The van der Waals surface area contributed by atoms with Crippen LogP contribution in [0.5, 0.6) is 0 Å². The number of benzene rings is 1. The zero-order valence-corrected chi connectivity index (χ0v) is 12.7. The predicted octanol–water partition coefficient (Wildman–Crippen LogP) is 2.57. The van der Waals surface area contributed by atoms with Crippen LogP contribution in [0.4, 0.5) is 0 Å². The Morgan fingerprint density at radius 1 is 1.29 bits per heavy atom. The lowest BCUT2D eigenvalue weighted by atomic mass is 9.96. The summed E-state index contributed by atoms with van der Waals surface area (Å²) >= 11 is 0. The number of piperidine rings is 1. The molecular formula is C17H24N4. The van der Waals surface area contributed by atoms with Gasteiger partial charge in [-0.25, -0.2) is 4.98 Å². The fraction of sp³-hybridized carbons (Fsp3) is 0.471. The molecule has 0 aliphatic carbocycles. The largest absolute Gasteiger partial charge is 0.327 e. The molecule has 1 aromatic carbocycles. The molecule has 2 heterocycles. The minimum Gasteiger partial charge on any atom is -0.327 e. The summed E-state index contributed by atoms with van der Waals surface area (Å²) in [5.74, 6) is 0. The summed E-state index contributed by atoms with van der Waals surface area (Å²) in [5, 5.41) is 0. The van der Waals surface area contributed by atoms with Crippen LogP contribution < -0.4 is 5.73 Å². The van der Waals surface area contributed by atoms with Crippen molar-refractivity contribution in [2.75, 3.05) is 6.54 Å². The highest BCUT2D eigenvalue weighted by molar-refractivity contribution is 5.34. The van der Waals surface area contributed by atoms with E-state index in [2.05, 4.69) is 41.1 Å². The highest BCUT2D eigenvalue weighted by atomic mass is 15.2. The number of likely N-dealkylation sites (tertiary alicyclic amines) is 1. The highest BCUT2D eigenvalue weighted by Gasteiger charge is 2.25. The van der Waals surface area contributed by atoms with E-state index in [1.165, 1.54) is 24.8 Å². The van der Waals surface area contributed by atoms with Crippen molar-refractivity contribution in [3.05, 3.63) is 48.5 Å². The summed E-state index contributed by atoms with van der Waals surface area (Å²) in [6.45, 7) is 4.29. The maximum Gasteiger partial charge on any atom is 0.0991 e. The first-order chi connectivity index (χ1) is 10.2. The van der Waals surface area contributed by atoms with Gasteiger partial charge in [0.1, 0.15) is 0 Å². The predicted molar refractivity (Wildman–Crippen MR) is 85.3 cm³/mol. The Kier molecular flexibility index (Phi) is 4.36. The van der Waals surface area contributed by atoms with E-state index in [1.54, 1.807) is 6.20 Å². The average molecular weight is 284 g/mol. The van der Waals surface area contributed by atoms with Crippen molar-refractivity contribution < 1.29 is 0 Å². The van der Waals surface area contributed by atoms with Gasteiger partial charge in [0.15, 0.2) is 0 Å². The van der Waals surface area contributed by atoms with Crippen molar-refractivity contribution in [3.8, 4) is 5.69 Å². The molecule has 1 aromatic heterocycles. The van der Waals surface area contributed by atoms with Crippen LogP contribution in [-0.4, -0.2) is 33.1 Å². The van der Waals surface area contributed by atoms with Gasteiger partial charge in [-0.15, -0.1) is 0 Å². The van der Waals surface area contributed by atoms with Crippen LogP contribution in [0.15, 0.2) is 43.0 Å². The molecule has 0 amide bonds. The normalized spacial score (nSPS) is 21.3. The monoisotopic (exact) mass is 284 g/mol. The van der Waals surface area contributed by atoms with Gasteiger partial charge >= 0.3 is 0 Å². The van der Waals surface area contributed by atoms with Crippen molar-refractivity contribution in [2.45, 2.75) is 44.8 Å². The molecule has 2 atom stereocenters. The number of nitrogens with two attached hydrogens (primary N) is 1. The van der Waals surface area contributed by atoms with E-state index in [1.807, 2.05) is 17.1 Å². The molecule has 0 radical (unpaired) electrons. The van der Waals surface area contributed by atoms with Crippen LogP contribution in [0, 0.1) is 0 Å². The first-order valence-electron chi connectivity index (χ1n) is 7.81. The number of hydrogen-bond acceptors (Lipinski definition) is 3. The summed E-state index contributed by atoms with van der Waals surface area (Å²) in [5.41, 5.74) is 8.65. The Morgan fingerprint density at radius 3 is 2.76 bits per heavy atom. The third-order valence-electron chi connectivity index (χ3n) is 4.40. The molecule has 4 nitrogen and oxygen atoms in total. The molecule has 0 bridgehead atoms. The molecule has 2 N–H and O–H groups in total. The molecule has 2 unspecified atom stereocenters.